The lowest BCUT2D eigenvalue weighted by molar-refractivity contribution is 0.102. The predicted molar refractivity (Wildman–Crippen MR) is 99.7 cm³/mol. The first-order valence-corrected chi connectivity index (χ1v) is 9.36. The summed E-state index contributed by atoms with van der Waals surface area (Å²) in [6.07, 6.45) is 4.50. The molecule has 3 aromatic rings. The summed E-state index contributed by atoms with van der Waals surface area (Å²) in [5.74, 6) is -0.136. The van der Waals surface area contributed by atoms with Gasteiger partial charge in [0, 0.05) is 4.88 Å². The molecule has 2 aromatic heterocycles. The van der Waals surface area contributed by atoms with E-state index in [1.54, 1.807) is 11.3 Å². The Balaban J connectivity index is 1.62. The van der Waals surface area contributed by atoms with E-state index in [2.05, 4.69) is 15.4 Å². The van der Waals surface area contributed by atoms with Gasteiger partial charge in [-0.3, -0.25) is 10.1 Å². The summed E-state index contributed by atoms with van der Waals surface area (Å²) in [5, 5.41) is 8.22. The van der Waals surface area contributed by atoms with Crippen molar-refractivity contribution in [3.8, 4) is 5.69 Å². The summed E-state index contributed by atoms with van der Waals surface area (Å²) in [6, 6.07) is 9.86. The van der Waals surface area contributed by atoms with Crippen molar-refractivity contribution in [2.75, 3.05) is 5.32 Å². The molecule has 0 radical (unpaired) electrons. The Bertz CT molecular complexity index is 903. The summed E-state index contributed by atoms with van der Waals surface area (Å²) in [5.41, 5.74) is 4.28. The number of hydrogen-bond acceptors (Lipinski definition) is 4. The second-order valence-corrected chi connectivity index (χ2v) is 7.43. The molecule has 0 bridgehead atoms. The third-order valence-corrected chi connectivity index (χ3v) is 5.66. The molecular formula is C19H20N4OS. The molecule has 1 aliphatic rings. The topological polar surface area (TPSA) is 59.8 Å². The largest absolute Gasteiger partial charge is 0.298 e. The molecule has 25 heavy (non-hydrogen) atoms. The van der Waals surface area contributed by atoms with E-state index in [0.29, 0.717) is 10.7 Å². The third kappa shape index (κ3) is 2.98. The number of nitrogens with zero attached hydrogens (tertiary/aromatic N) is 3. The van der Waals surface area contributed by atoms with Crippen LogP contribution >= 0.6 is 11.3 Å². The Morgan fingerprint density at radius 1 is 1.16 bits per heavy atom. The van der Waals surface area contributed by atoms with Gasteiger partial charge in [0.1, 0.15) is 0 Å². The zero-order valence-corrected chi connectivity index (χ0v) is 15.2. The summed E-state index contributed by atoms with van der Waals surface area (Å²) >= 11 is 1.60. The Labute approximate surface area is 150 Å². The van der Waals surface area contributed by atoms with Crippen molar-refractivity contribution in [1.29, 1.82) is 0 Å². The first-order valence-electron chi connectivity index (χ1n) is 8.55. The molecular weight excluding hydrogens is 332 g/mol. The van der Waals surface area contributed by atoms with Crippen LogP contribution in [-0.4, -0.2) is 20.7 Å². The lowest BCUT2D eigenvalue weighted by Gasteiger charge is -2.06. The molecule has 5 nitrogen and oxygen atoms in total. The van der Waals surface area contributed by atoms with E-state index in [1.165, 1.54) is 17.7 Å². The van der Waals surface area contributed by atoms with Crippen molar-refractivity contribution in [2.24, 2.45) is 0 Å². The smallest absolute Gasteiger partial charge is 0.261 e. The number of para-hydroxylation sites is 1. The van der Waals surface area contributed by atoms with Gasteiger partial charge in [-0.2, -0.15) is 5.10 Å². The van der Waals surface area contributed by atoms with Crippen LogP contribution in [0.3, 0.4) is 0 Å². The summed E-state index contributed by atoms with van der Waals surface area (Å²) in [7, 11) is 0. The monoisotopic (exact) mass is 352 g/mol. The Hall–Kier alpha value is -2.47. The number of benzene rings is 1. The maximum absolute atomic E-state index is 12.8. The number of aromatic nitrogens is 3. The second-order valence-electron chi connectivity index (χ2n) is 6.34. The Morgan fingerprint density at radius 3 is 2.68 bits per heavy atom. The highest BCUT2D eigenvalue weighted by Crippen LogP contribution is 2.30. The van der Waals surface area contributed by atoms with Gasteiger partial charge in [-0.05, 0) is 51.7 Å². The van der Waals surface area contributed by atoms with Gasteiger partial charge in [0.15, 0.2) is 5.13 Å². The number of rotatable bonds is 3. The van der Waals surface area contributed by atoms with Gasteiger partial charge in [-0.1, -0.05) is 18.2 Å². The van der Waals surface area contributed by atoms with Crippen molar-refractivity contribution in [1.82, 2.24) is 14.8 Å². The van der Waals surface area contributed by atoms with Gasteiger partial charge in [-0.15, -0.1) is 11.3 Å². The molecule has 0 spiro atoms. The standard InChI is InChI=1S/C19H20N4OS/c1-12-17(13(2)23(22-12)14-8-4-3-5-9-14)18(24)21-19-20-15-10-6-7-11-16(15)25-19/h3-5,8-9H,6-7,10-11H2,1-2H3,(H,20,21,24). The molecule has 0 saturated carbocycles. The minimum Gasteiger partial charge on any atom is -0.298 e. The fourth-order valence-electron chi connectivity index (χ4n) is 3.36. The number of thiazole rings is 1. The van der Waals surface area contributed by atoms with E-state index >= 15 is 0 Å². The van der Waals surface area contributed by atoms with Gasteiger partial charge in [0.25, 0.3) is 5.91 Å². The number of carbonyl (C=O) groups is 1. The molecule has 1 aromatic carbocycles. The van der Waals surface area contributed by atoms with Crippen LogP contribution in [0.4, 0.5) is 5.13 Å². The first-order chi connectivity index (χ1) is 12.1. The average molecular weight is 352 g/mol. The highest BCUT2D eigenvalue weighted by atomic mass is 32.1. The van der Waals surface area contributed by atoms with E-state index in [-0.39, 0.29) is 5.91 Å². The van der Waals surface area contributed by atoms with Gasteiger partial charge in [-0.25, -0.2) is 9.67 Å². The molecule has 0 atom stereocenters. The van der Waals surface area contributed by atoms with Crippen LogP contribution in [0.1, 0.15) is 45.2 Å². The molecule has 0 unspecified atom stereocenters. The molecule has 6 heteroatoms. The number of nitrogens with one attached hydrogen (secondary N) is 1. The number of fused-ring (bicyclic) bond motifs is 1. The predicted octanol–water partition coefficient (Wildman–Crippen LogP) is 4.08. The minimum absolute atomic E-state index is 0.136. The van der Waals surface area contributed by atoms with Crippen molar-refractivity contribution in [3.63, 3.8) is 0 Å². The number of amides is 1. The Kier molecular flexibility index (Phi) is 4.13. The number of aryl methyl sites for hydroxylation is 3. The summed E-state index contributed by atoms with van der Waals surface area (Å²) in [6.45, 7) is 3.79. The van der Waals surface area contributed by atoms with Crippen LogP contribution in [0.5, 0.6) is 0 Å². The highest BCUT2D eigenvalue weighted by Gasteiger charge is 2.22. The second kappa shape index (κ2) is 6.44. The maximum Gasteiger partial charge on any atom is 0.261 e. The fourth-order valence-corrected chi connectivity index (χ4v) is 4.40. The lowest BCUT2D eigenvalue weighted by Crippen LogP contribution is -2.14. The zero-order chi connectivity index (χ0) is 17.4. The van der Waals surface area contributed by atoms with Gasteiger partial charge in [0.2, 0.25) is 0 Å². The van der Waals surface area contributed by atoms with Crippen LogP contribution in [0.25, 0.3) is 5.69 Å². The van der Waals surface area contributed by atoms with Crippen molar-refractivity contribution >= 4 is 22.4 Å². The molecule has 1 amide bonds. The molecule has 128 valence electrons. The Morgan fingerprint density at radius 2 is 1.92 bits per heavy atom. The van der Waals surface area contributed by atoms with E-state index in [4.69, 9.17) is 0 Å². The molecule has 1 aliphatic carbocycles. The molecule has 1 N–H and O–H groups in total. The number of carbonyl (C=O) groups excluding carboxylic acids is 1. The SMILES string of the molecule is Cc1nn(-c2ccccc2)c(C)c1C(=O)Nc1nc2c(s1)CCCC2. The number of hydrogen-bond donors (Lipinski definition) is 1. The summed E-state index contributed by atoms with van der Waals surface area (Å²) in [4.78, 5) is 18.7. The van der Waals surface area contributed by atoms with Gasteiger partial charge < -0.3 is 0 Å². The van der Waals surface area contributed by atoms with E-state index in [1.807, 2.05) is 48.9 Å². The molecule has 2 heterocycles. The van der Waals surface area contributed by atoms with Crippen LogP contribution < -0.4 is 5.32 Å². The quantitative estimate of drug-likeness (QED) is 0.773. The van der Waals surface area contributed by atoms with Crippen LogP contribution in [-0.2, 0) is 12.8 Å². The fraction of sp³-hybridized carbons (Fsp3) is 0.316. The van der Waals surface area contributed by atoms with Crippen LogP contribution in [0.2, 0.25) is 0 Å². The maximum atomic E-state index is 12.8. The lowest BCUT2D eigenvalue weighted by atomic mass is 10.0. The minimum atomic E-state index is -0.136. The van der Waals surface area contributed by atoms with Gasteiger partial charge in [0.05, 0.1) is 28.3 Å². The van der Waals surface area contributed by atoms with Crippen molar-refractivity contribution < 1.29 is 4.79 Å². The normalized spacial score (nSPS) is 13.5. The molecule has 0 fully saturated rings. The molecule has 0 aliphatic heterocycles. The van der Waals surface area contributed by atoms with E-state index in [0.717, 1.165) is 35.6 Å². The zero-order valence-electron chi connectivity index (χ0n) is 14.4. The average Bonchev–Trinajstić information content (AvgIpc) is 3.15. The van der Waals surface area contributed by atoms with Crippen molar-refractivity contribution in [3.05, 3.63) is 57.9 Å². The van der Waals surface area contributed by atoms with Crippen molar-refractivity contribution in [2.45, 2.75) is 39.5 Å². The van der Waals surface area contributed by atoms with E-state index in [9.17, 15) is 4.79 Å². The molecule has 4 rings (SSSR count). The van der Waals surface area contributed by atoms with Crippen LogP contribution in [0, 0.1) is 13.8 Å². The highest BCUT2D eigenvalue weighted by molar-refractivity contribution is 7.15. The first kappa shape index (κ1) is 16.0. The molecule has 0 saturated heterocycles. The van der Waals surface area contributed by atoms with Gasteiger partial charge >= 0.3 is 0 Å². The third-order valence-electron chi connectivity index (χ3n) is 4.59. The van der Waals surface area contributed by atoms with Crippen LogP contribution in [0.15, 0.2) is 30.3 Å². The number of anilines is 1. The summed E-state index contributed by atoms with van der Waals surface area (Å²) < 4.78 is 1.82. The van der Waals surface area contributed by atoms with E-state index < -0.39 is 0 Å².